The van der Waals surface area contributed by atoms with Crippen molar-refractivity contribution in [2.24, 2.45) is 0 Å². The smallest absolute Gasteiger partial charge is 0.165 e. The average molecular weight is 545 g/mol. The summed E-state index contributed by atoms with van der Waals surface area (Å²) < 4.78 is 2.64. The van der Waals surface area contributed by atoms with Gasteiger partial charge < -0.3 is 4.89 Å². The van der Waals surface area contributed by atoms with Crippen molar-refractivity contribution in [1.29, 1.82) is 0 Å². The van der Waals surface area contributed by atoms with Crippen molar-refractivity contribution in [3.63, 3.8) is 0 Å². The topological polar surface area (TPSA) is 18.5 Å². The second kappa shape index (κ2) is 11.0. The fourth-order valence-electron chi connectivity index (χ4n) is 4.93. The zero-order valence-corrected chi connectivity index (χ0v) is 23.6. The molecule has 0 spiro atoms. The van der Waals surface area contributed by atoms with E-state index < -0.39 is 0 Å². The van der Waals surface area contributed by atoms with Gasteiger partial charge in [0.1, 0.15) is 6.61 Å². The van der Waals surface area contributed by atoms with Gasteiger partial charge in [0, 0.05) is 41.1 Å². The molecule has 2 heterocycles. The Balaban J connectivity index is 1.36. The fourth-order valence-corrected chi connectivity index (χ4v) is 7.13. The van der Waals surface area contributed by atoms with Crippen LogP contribution in [-0.2, 0) is 4.89 Å². The minimum Gasteiger partial charge on any atom is -0.337 e. The Kier molecular flexibility index (Phi) is 7.16. The van der Waals surface area contributed by atoms with Crippen LogP contribution in [0.4, 0.5) is 0 Å². The number of fused-ring (bicyclic) bond motifs is 3. The molecular formula is C35H28O2S2. The van der Waals surface area contributed by atoms with E-state index in [4.69, 9.17) is 9.78 Å². The molecule has 0 aliphatic carbocycles. The fraction of sp³-hybridized carbons (Fsp3) is 0.0857. The van der Waals surface area contributed by atoms with E-state index in [1.54, 1.807) is 0 Å². The summed E-state index contributed by atoms with van der Waals surface area (Å²) >= 11 is 3.73. The van der Waals surface area contributed by atoms with Crippen LogP contribution in [0.2, 0.25) is 0 Å². The van der Waals surface area contributed by atoms with Gasteiger partial charge in [0.15, 0.2) is 5.75 Å². The lowest BCUT2D eigenvalue weighted by Gasteiger charge is -2.15. The van der Waals surface area contributed by atoms with Gasteiger partial charge in [-0.3, -0.25) is 0 Å². The predicted molar refractivity (Wildman–Crippen MR) is 170 cm³/mol. The van der Waals surface area contributed by atoms with Crippen molar-refractivity contribution in [3.8, 4) is 28.0 Å². The monoisotopic (exact) mass is 544 g/mol. The summed E-state index contributed by atoms with van der Waals surface area (Å²) in [7, 11) is 0. The zero-order valence-electron chi connectivity index (χ0n) is 21.9. The Labute approximate surface area is 237 Å². The molecule has 0 aliphatic heterocycles. The van der Waals surface area contributed by atoms with E-state index in [0.717, 1.165) is 16.7 Å². The average Bonchev–Trinajstić information content (AvgIpc) is 3.55. The lowest BCUT2D eigenvalue weighted by Crippen LogP contribution is -1.97. The van der Waals surface area contributed by atoms with Crippen molar-refractivity contribution in [2.75, 3.05) is 6.61 Å². The summed E-state index contributed by atoms with van der Waals surface area (Å²) in [5, 5.41) is 2.66. The van der Waals surface area contributed by atoms with E-state index in [1.165, 1.54) is 46.6 Å². The van der Waals surface area contributed by atoms with E-state index in [2.05, 4.69) is 81.1 Å². The molecule has 0 radical (unpaired) electrons. The van der Waals surface area contributed by atoms with Crippen molar-refractivity contribution in [3.05, 3.63) is 125 Å². The van der Waals surface area contributed by atoms with E-state index in [-0.39, 0.29) is 0 Å². The lowest BCUT2D eigenvalue weighted by molar-refractivity contribution is -0.195. The predicted octanol–water partition coefficient (Wildman–Crippen LogP) is 10.7. The molecule has 0 aliphatic rings. The van der Waals surface area contributed by atoms with E-state index in [9.17, 15) is 0 Å². The molecule has 192 valence electrons. The third-order valence-electron chi connectivity index (χ3n) is 6.71. The van der Waals surface area contributed by atoms with E-state index in [0.29, 0.717) is 12.4 Å². The minimum atomic E-state index is 0.366. The first-order valence-electron chi connectivity index (χ1n) is 12.9. The summed E-state index contributed by atoms with van der Waals surface area (Å²) in [5.41, 5.74) is 7.17. The number of aryl methyl sites for hydroxylation is 2. The molecule has 0 saturated carbocycles. The molecule has 2 aromatic heterocycles. The second-order valence-corrected chi connectivity index (χ2v) is 12.0. The number of hydrogen-bond acceptors (Lipinski definition) is 4. The summed E-state index contributed by atoms with van der Waals surface area (Å²) in [6, 6.07) is 31.8. The molecule has 0 fully saturated rings. The van der Waals surface area contributed by atoms with Crippen LogP contribution in [0.5, 0.6) is 5.75 Å². The van der Waals surface area contributed by atoms with Gasteiger partial charge in [0.25, 0.3) is 0 Å². The molecule has 0 bridgehead atoms. The van der Waals surface area contributed by atoms with Gasteiger partial charge in [0.2, 0.25) is 0 Å². The maximum atomic E-state index is 5.58. The maximum Gasteiger partial charge on any atom is 0.165 e. The van der Waals surface area contributed by atoms with Crippen LogP contribution >= 0.6 is 22.7 Å². The van der Waals surface area contributed by atoms with Crippen LogP contribution in [0, 0.1) is 13.8 Å². The highest BCUT2D eigenvalue weighted by Gasteiger charge is 2.21. The van der Waals surface area contributed by atoms with Gasteiger partial charge in [-0.2, -0.15) is 4.89 Å². The molecule has 2 nitrogen and oxygen atoms in total. The first-order valence-corrected chi connectivity index (χ1v) is 14.5. The van der Waals surface area contributed by atoms with Crippen LogP contribution in [0.25, 0.3) is 54.6 Å². The molecule has 39 heavy (non-hydrogen) atoms. The summed E-state index contributed by atoms with van der Waals surface area (Å²) in [6.45, 7) is 8.68. The molecule has 0 amide bonds. The summed E-state index contributed by atoms with van der Waals surface area (Å²) in [4.78, 5) is 13.7. The van der Waals surface area contributed by atoms with Gasteiger partial charge in [0.05, 0.1) is 0 Å². The Morgan fingerprint density at radius 2 is 1.26 bits per heavy atom. The molecular weight excluding hydrogens is 517 g/mol. The number of benzene rings is 4. The standard InChI is InChI=1S/C35H28O2S2/c1-4-25-12-14-27(15-13-25)32-33(35-31(22-24(3)39-35)30-21-23(2)38-34(30)32)28-16-18-29(19-17-28)37-36-20-8-11-26-9-6-5-7-10-26/h4-19,21-22H,1,20H2,2-3H3/b11-8+. The highest BCUT2D eigenvalue weighted by Crippen LogP contribution is 2.49. The van der Waals surface area contributed by atoms with Gasteiger partial charge >= 0.3 is 0 Å². The molecule has 0 saturated heterocycles. The van der Waals surface area contributed by atoms with Crippen LogP contribution < -0.4 is 4.89 Å². The molecule has 0 atom stereocenters. The third kappa shape index (κ3) is 5.19. The maximum absolute atomic E-state index is 5.58. The van der Waals surface area contributed by atoms with Crippen molar-refractivity contribution in [1.82, 2.24) is 0 Å². The van der Waals surface area contributed by atoms with Crippen molar-refractivity contribution >= 4 is 55.0 Å². The van der Waals surface area contributed by atoms with Gasteiger partial charge in [-0.15, -0.1) is 22.7 Å². The van der Waals surface area contributed by atoms with Crippen LogP contribution in [0.1, 0.15) is 20.9 Å². The first-order chi connectivity index (χ1) is 19.1. The first kappa shape index (κ1) is 25.3. The Morgan fingerprint density at radius 3 is 1.82 bits per heavy atom. The number of thiophene rings is 2. The Hall–Kier alpha value is -3.96. The molecule has 6 aromatic rings. The van der Waals surface area contributed by atoms with Crippen LogP contribution in [0.3, 0.4) is 0 Å². The molecule has 4 aromatic carbocycles. The molecule has 0 N–H and O–H groups in total. The quantitative estimate of drug-likeness (QED) is 0.108. The summed E-state index contributed by atoms with van der Waals surface area (Å²) in [5.74, 6) is 0.676. The Bertz CT molecular complexity index is 1790. The zero-order chi connectivity index (χ0) is 26.8. The third-order valence-corrected chi connectivity index (χ3v) is 8.85. The largest absolute Gasteiger partial charge is 0.337 e. The number of hydrogen-bond donors (Lipinski definition) is 0. The van der Waals surface area contributed by atoms with Crippen LogP contribution in [-0.4, -0.2) is 6.61 Å². The normalized spacial score (nSPS) is 11.5. The second-order valence-electron chi connectivity index (χ2n) is 9.48. The molecule has 6 rings (SSSR count). The van der Waals surface area contributed by atoms with Gasteiger partial charge in [-0.05, 0) is 60.4 Å². The highest BCUT2D eigenvalue weighted by atomic mass is 32.1. The molecule has 0 unspecified atom stereocenters. The van der Waals surface area contributed by atoms with Crippen molar-refractivity contribution < 1.29 is 9.78 Å². The number of rotatable bonds is 8. The van der Waals surface area contributed by atoms with Crippen molar-refractivity contribution in [2.45, 2.75) is 13.8 Å². The SMILES string of the molecule is C=Cc1ccc(-c2c(-c3ccc(OOC/C=C/c4ccccc4)cc3)c3sc(C)cc3c3cc(C)sc23)cc1. The Morgan fingerprint density at radius 1 is 0.692 bits per heavy atom. The minimum absolute atomic E-state index is 0.366. The molecule has 4 heteroatoms. The summed E-state index contributed by atoms with van der Waals surface area (Å²) in [6.07, 6.45) is 5.85. The highest BCUT2D eigenvalue weighted by molar-refractivity contribution is 7.22. The van der Waals surface area contributed by atoms with Gasteiger partial charge in [-0.1, -0.05) is 91.5 Å². The van der Waals surface area contributed by atoms with E-state index in [1.807, 2.05) is 71.2 Å². The lowest BCUT2D eigenvalue weighted by atomic mass is 9.91. The van der Waals surface area contributed by atoms with Gasteiger partial charge in [-0.25, -0.2) is 0 Å². The van der Waals surface area contributed by atoms with E-state index >= 15 is 0 Å². The van der Waals surface area contributed by atoms with Crippen LogP contribution in [0.15, 0.2) is 104 Å².